The maximum absolute atomic E-state index is 12.5. The summed E-state index contributed by atoms with van der Waals surface area (Å²) < 4.78 is 11.4. The normalized spacial score (nSPS) is 11.8. The minimum Gasteiger partial charge on any atom is -0.494 e. The molecular weight excluding hydrogens is 456 g/mol. The molecule has 36 heavy (non-hydrogen) atoms. The Bertz CT molecular complexity index is 1370. The molecule has 0 saturated carbocycles. The summed E-state index contributed by atoms with van der Waals surface area (Å²) in [6.07, 6.45) is 6.59. The Balaban J connectivity index is 1.37. The average Bonchev–Trinajstić information content (AvgIpc) is 2.90. The van der Waals surface area contributed by atoms with Crippen LogP contribution >= 0.6 is 0 Å². The van der Waals surface area contributed by atoms with E-state index in [1.54, 1.807) is 30.0 Å². The van der Waals surface area contributed by atoms with Crippen LogP contribution in [0.5, 0.6) is 5.75 Å². The van der Waals surface area contributed by atoms with Crippen LogP contribution in [0.4, 0.5) is 0 Å². The van der Waals surface area contributed by atoms with Gasteiger partial charge in [0.2, 0.25) is 5.91 Å². The van der Waals surface area contributed by atoms with E-state index in [9.17, 15) is 14.8 Å². The third-order valence-electron chi connectivity index (χ3n) is 6.21. The van der Waals surface area contributed by atoms with Gasteiger partial charge >= 0.3 is 5.63 Å². The number of hydroxylamine groups is 1. The van der Waals surface area contributed by atoms with Gasteiger partial charge in [0, 0.05) is 29.3 Å². The van der Waals surface area contributed by atoms with Gasteiger partial charge in [0.1, 0.15) is 11.3 Å². The molecule has 7 nitrogen and oxygen atoms in total. The third kappa shape index (κ3) is 6.79. The Hall–Kier alpha value is -3.97. The molecule has 0 radical (unpaired) electrons. The van der Waals surface area contributed by atoms with Crippen molar-refractivity contribution in [3.05, 3.63) is 106 Å². The highest BCUT2D eigenvalue weighted by atomic mass is 16.5. The van der Waals surface area contributed by atoms with Crippen LogP contribution in [0.1, 0.15) is 35.1 Å². The molecule has 2 N–H and O–H groups in total. The van der Waals surface area contributed by atoms with E-state index >= 15 is 0 Å². The highest BCUT2D eigenvalue weighted by molar-refractivity contribution is 5.79. The van der Waals surface area contributed by atoms with Gasteiger partial charge < -0.3 is 9.15 Å². The molecule has 2 aromatic carbocycles. The summed E-state index contributed by atoms with van der Waals surface area (Å²) in [5.74, 6) is -0.344. The molecule has 4 rings (SSSR count). The highest BCUT2D eigenvalue weighted by Crippen LogP contribution is 2.21. The molecule has 0 spiro atoms. The summed E-state index contributed by atoms with van der Waals surface area (Å²) in [7, 11) is 0. The second kappa shape index (κ2) is 12.1. The van der Waals surface area contributed by atoms with Crippen molar-refractivity contribution in [2.75, 3.05) is 6.61 Å². The lowest BCUT2D eigenvalue weighted by Gasteiger charge is -2.15. The van der Waals surface area contributed by atoms with Crippen LogP contribution in [-0.4, -0.2) is 22.7 Å². The minimum absolute atomic E-state index is 0.170. The maximum Gasteiger partial charge on any atom is 0.339 e. The number of hydrogen-bond acceptors (Lipinski definition) is 6. The SMILES string of the molecule is Cc1ccc2oc(=O)c(CC(CCc3cccc(OCCCc4ccncc4)c3)C(=O)NO)cc2c1. The first-order valence-corrected chi connectivity index (χ1v) is 12.1. The predicted molar refractivity (Wildman–Crippen MR) is 137 cm³/mol. The first kappa shape index (κ1) is 25.1. The van der Waals surface area contributed by atoms with Crippen LogP contribution in [0.2, 0.25) is 0 Å². The molecule has 2 heterocycles. The molecular formula is C29H30N2O5. The second-order valence-electron chi connectivity index (χ2n) is 8.97. The van der Waals surface area contributed by atoms with E-state index in [2.05, 4.69) is 4.98 Å². The molecule has 0 aliphatic rings. The lowest BCUT2D eigenvalue weighted by Crippen LogP contribution is -2.31. The quantitative estimate of drug-likeness (QED) is 0.137. The van der Waals surface area contributed by atoms with E-state index in [1.165, 1.54) is 5.56 Å². The number of fused-ring (bicyclic) bond motifs is 1. The first-order chi connectivity index (χ1) is 17.5. The number of amides is 1. The van der Waals surface area contributed by atoms with Crippen LogP contribution in [0, 0.1) is 12.8 Å². The number of ether oxygens (including phenoxy) is 1. The number of nitrogens with one attached hydrogen (secondary N) is 1. The van der Waals surface area contributed by atoms with E-state index < -0.39 is 17.5 Å². The van der Waals surface area contributed by atoms with E-state index in [-0.39, 0.29) is 6.42 Å². The Morgan fingerprint density at radius 3 is 2.69 bits per heavy atom. The van der Waals surface area contributed by atoms with Crippen molar-refractivity contribution in [2.24, 2.45) is 5.92 Å². The number of carbonyl (C=O) groups is 1. The van der Waals surface area contributed by atoms with Gasteiger partial charge in [-0.25, -0.2) is 10.3 Å². The van der Waals surface area contributed by atoms with Gasteiger partial charge in [-0.1, -0.05) is 23.8 Å². The lowest BCUT2D eigenvalue weighted by molar-refractivity contribution is -0.133. The van der Waals surface area contributed by atoms with Gasteiger partial charge in [0.05, 0.1) is 6.61 Å². The van der Waals surface area contributed by atoms with E-state index in [1.807, 2.05) is 55.5 Å². The van der Waals surface area contributed by atoms with E-state index in [4.69, 9.17) is 9.15 Å². The molecule has 0 saturated heterocycles. The molecule has 1 amide bonds. The zero-order chi connectivity index (χ0) is 25.3. The number of aromatic nitrogens is 1. The Labute approximate surface area is 209 Å². The van der Waals surface area contributed by atoms with Crippen molar-refractivity contribution in [2.45, 2.75) is 39.0 Å². The molecule has 0 aliphatic heterocycles. The zero-order valence-corrected chi connectivity index (χ0v) is 20.3. The Morgan fingerprint density at radius 2 is 1.89 bits per heavy atom. The van der Waals surface area contributed by atoms with Crippen molar-refractivity contribution in [3.63, 3.8) is 0 Å². The van der Waals surface area contributed by atoms with Gasteiger partial charge in [-0.2, -0.15) is 0 Å². The topological polar surface area (TPSA) is 102 Å². The van der Waals surface area contributed by atoms with Crippen molar-refractivity contribution >= 4 is 16.9 Å². The number of nitrogens with zero attached hydrogens (tertiary/aromatic N) is 1. The van der Waals surface area contributed by atoms with Crippen molar-refractivity contribution in [1.82, 2.24) is 10.5 Å². The fourth-order valence-electron chi connectivity index (χ4n) is 4.26. The van der Waals surface area contributed by atoms with Gasteiger partial charge in [-0.05, 0) is 92.6 Å². The summed E-state index contributed by atoms with van der Waals surface area (Å²) in [4.78, 5) is 29.0. The average molecular weight is 487 g/mol. The summed E-state index contributed by atoms with van der Waals surface area (Å²) in [5.41, 5.74) is 5.49. The fraction of sp³-hybridized carbons (Fsp3) is 0.276. The third-order valence-corrected chi connectivity index (χ3v) is 6.21. The second-order valence-corrected chi connectivity index (χ2v) is 8.97. The van der Waals surface area contributed by atoms with Crippen molar-refractivity contribution in [1.29, 1.82) is 0 Å². The smallest absolute Gasteiger partial charge is 0.339 e. The molecule has 186 valence electrons. The number of pyridine rings is 1. The van der Waals surface area contributed by atoms with Crippen LogP contribution in [0.3, 0.4) is 0 Å². The van der Waals surface area contributed by atoms with Gasteiger partial charge in [-0.15, -0.1) is 0 Å². The molecule has 7 heteroatoms. The van der Waals surface area contributed by atoms with Gasteiger partial charge in [0.25, 0.3) is 0 Å². The summed E-state index contributed by atoms with van der Waals surface area (Å²) in [5, 5.41) is 10.1. The van der Waals surface area contributed by atoms with Gasteiger partial charge in [-0.3, -0.25) is 15.0 Å². The maximum atomic E-state index is 12.5. The molecule has 2 aromatic heterocycles. The van der Waals surface area contributed by atoms with Crippen molar-refractivity contribution < 1.29 is 19.2 Å². The summed E-state index contributed by atoms with van der Waals surface area (Å²) in [6.45, 7) is 2.56. The van der Waals surface area contributed by atoms with E-state index in [0.717, 1.165) is 35.1 Å². The Kier molecular flexibility index (Phi) is 8.47. The predicted octanol–water partition coefficient (Wildman–Crippen LogP) is 4.80. The molecule has 0 bridgehead atoms. The van der Waals surface area contributed by atoms with Gasteiger partial charge in [0.15, 0.2) is 0 Å². The van der Waals surface area contributed by atoms with Crippen LogP contribution in [0.25, 0.3) is 11.0 Å². The Morgan fingerprint density at radius 1 is 1.06 bits per heavy atom. The zero-order valence-electron chi connectivity index (χ0n) is 20.3. The van der Waals surface area contributed by atoms with Crippen LogP contribution in [0.15, 0.2) is 82.3 Å². The van der Waals surface area contributed by atoms with Crippen LogP contribution in [-0.2, 0) is 24.1 Å². The number of aryl methyl sites for hydroxylation is 3. The molecule has 0 fully saturated rings. The summed E-state index contributed by atoms with van der Waals surface area (Å²) >= 11 is 0. The number of benzene rings is 2. The first-order valence-electron chi connectivity index (χ1n) is 12.1. The minimum atomic E-state index is -0.593. The van der Waals surface area contributed by atoms with Crippen LogP contribution < -0.4 is 15.8 Å². The van der Waals surface area contributed by atoms with Crippen molar-refractivity contribution in [3.8, 4) is 5.75 Å². The number of carbonyl (C=O) groups excluding carboxylic acids is 1. The number of hydrogen-bond donors (Lipinski definition) is 2. The largest absolute Gasteiger partial charge is 0.494 e. The summed E-state index contributed by atoms with van der Waals surface area (Å²) in [6, 6.07) is 19.1. The van der Waals surface area contributed by atoms with E-state index in [0.29, 0.717) is 30.6 Å². The molecule has 0 aliphatic carbocycles. The molecule has 4 aromatic rings. The standard InChI is InChI=1S/C29H30N2O5/c1-20-7-10-27-24(16-20)19-25(29(33)36-27)18-23(28(32)31-34)9-8-22-4-2-6-26(17-22)35-15-3-5-21-11-13-30-14-12-21/h2,4,6-7,10-14,16-17,19,23,34H,3,5,8-9,15,18H2,1H3,(H,31,32). The highest BCUT2D eigenvalue weighted by Gasteiger charge is 2.21. The lowest BCUT2D eigenvalue weighted by atomic mass is 9.92. The molecule has 1 unspecified atom stereocenters. The number of rotatable bonds is 11. The monoisotopic (exact) mass is 486 g/mol. The molecule has 1 atom stereocenters. The fourth-order valence-corrected chi connectivity index (χ4v) is 4.26.